The highest BCUT2D eigenvalue weighted by molar-refractivity contribution is 5.29. The van der Waals surface area contributed by atoms with Gasteiger partial charge in [-0.15, -0.1) is 0 Å². The first kappa shape index (κ1) is 26.8. The predicted octanol–water partition coefficient (Wildman–Crippen LogP) is 9.65. The molecular formula is C32H41F3O. The summed E-state index contributed by atoms with van der Waals surface area (Å²) in [5.74, 6) is 2.52. The zero-order chi connectivity index (χ0) is 25.5. The van der Waals surface area contributed by atoms with Gasteiger partial charge in [0.1, 0.15) is 11.6 Å². The molecule has 2 aromatic carbocycles. The lowest BCUT2D eigenvalue weighted by atomic mass is 9.68. The van der Waals surface area contributed by atoms with Gasteiger partial charge in [0, 0.05) is 6.07 Å². The van der Waals surface area contributed by atoms with Crippen LogP contribution < -0.4 is 4.74 Å². The molecule has 36 heavy (non-hydrogen) atoms. The molecule has 2 saturated carbocycles. The Labute approximate surface area is 215 Å². The van der Waals surface area contributed by atoms with Gasteiger partial charge in [-0.1, -0.05) is 49.4 Å². The first-order valence-corrected chi connectivity index (χ1v) is 13.9. The number of aryl methyl sites for hydroxylation is 2. The van der Waals surface area contributed by atoms with Gasteiger partial charge >= 0.3 is 6.11 Å². The molecule has 0 amide bonds. The molecule has 2 aliphatic carbocycles. The minimum atomic E-state index is -3.34. The van der Waals surface area contributed by atoms with Crippen LogP contribution in [0.25, 0.3) is 0 Å². The minimum absolute atomic E-state index is 0.133. The fraction of sp³-hybridized carbons (Fsp3) is 0.562. The summed E-state index contributed by atoms with van der Waals surface area (Å²) in [6.07, 6.45) is 12.1. The van der Waals surface area contributed by atoms with Gasteiger partial charge in [0.2, 0.25) is 0 Å². The Morgan fingerprint density at radius 2 is 1.53 bits per heavy atom. The van der Waals surface area contributed by atoms with Gasteiger partial charge in [-0.05, 0) is 118 Å². The summed E-state index contributed by atoms with van der Waals surface area (Å²) in [5.41, 5.74) is 2.70. The highest BCUT2D eigenvalue weighted by Crippen LogP contribution is 2.44. The number of ether oxygens (including phenoxy) is 1. The Bertz CT molecular complexity index is 981. The van der Waals surface area contributed by atoms with Crippen molar-refractivity contribution < 1.29 is 17.9 Å². The lowest BCUT2D eigenvalue weighted by Crippen LogP contribution is -2.25. The summed E-state index contributed by atoms with van der Waals surface area (Å²) in [5, 5.41) is 0. The van der Waals surface area contributed by atoms with Crippen LogP contribution in [-0.2, 0) is 12.8 Å². The van der Waals surface area contributed by atoms with E-state index in [1.807, 2.05) is 19.1 Å². The summed E-state index contributed by atoms with van der Waals surface area (Å²) in [4.78, 5) is 0. The highest BCUT2D eigenvalue weighted by Gasteiger charge is 2.32. The first-order chi connectivity index (χ1) is 17.4. The molecule has 4 heteroatoms. The average Bonchev–Trinajstić information content (AvgIpc) is 2.89. The third-order valence-electron chi connectivity index (χ3n) is 8.55. The Kier molecular flexibility index (Phi) is 9.19. The summed E-state index contributed by atoms with van der Waals surface area (Å²) in [6.45, 7) is 3.95. The molecule has 0 unspecified atom stereocenters. The molecule has 0 aliphatic heterocycles. The maximum absolute atomic E-state index is 14.4. The molecular weight excluding hydrogens is 457 g/mol. The quantitative estimate of drug-likeness (QED) is 0.313. The van der Waals surface area contributed by atoms with Crippen LogP contribution in [0.4, 0.5) is 13.2 Å². The maximum Gasteiger partial charge on any atom is 0.398 e. The van der Waals surface area contributed by atoms with Crippen LogP contribution in [0, 0.1) is 23.6 Å². The molecule has 0 atom stereocenters. The van der Waals surface area contributed by atoms with E-state index in [9.17, 15) is 13.2 Å². The van der Waals surface area contributed by atoms with Gasteiger partial charge in [0.25, 0.3) is 0 Å². The second kappa shape index (κ2) is 12.3. The van der Waals surface area contributed by atoms with Crippen molar-refractivity contribution in [2.24, 2.45) is 17.8 Å². The molecule has 0 spiro atoms. The van der Waals surface area contributed by atoms with Gasteiger partial charge in [-0.25, -0.2) is 4.39 Å². The summed E-state index contributed by atoms with van der Waals surface area (Å²) in [7, 11) is 0. The summed E-state index contributed by atoms with van der Waals surface area (Å²) >= 11 is 0. The van der Waals surface area contributed by atoms with Crippen LogP contribution in [0.15, 0.2) is 54.6 Å². The van der Waals surface area contributed by atoms with Crippen LogP contribution in [0.1, 0.15) is 94.2 Å². The second-order valence-corrected chi connectivity index (χ2v) is 10.9. The summed E-state index contributed by atoms with van der Waals surface area (Å²) in [6, 6.07) is 12.2. The Balaban J connectivity index is 1.23. The van der Waals surface area contributed by atoms with Gasteiger partial charge in [0.05, 0.1) is 6.42 Å². The van der Waals surface area contributed by atoms with Crippen LogP contribution in [0.2, 0.25) is 0 Å². The van der Waals surface area contributed by atoms with Crippen molar-refractivity contribution >= 4 is 0 Å². The van der Waals surface area contributed by atoms with E-state index in [0.717, 1.165) is 29.4 Å². The fourth-order valence-electron chi connectivity index (χ4n) is 6.35. The molecule has 0 N–H and O–H groups in total. The van der Waals surface area contributed by atoms with Gasteiger partial charge in [0.15, 0.2) is 0 Å². The van der Waals surface area contributed by atoms with Crippen molar-refractivity contribution in [1.82, 2.24) is 0 Å². The highest BCUT2D eigenvalue weighted by atomic mass is 19.3. The third kappa shape index (κ3) is 7.17. The monoisotopic (exact) mass is 498 g/mol. The lowest BCUT2D eigenvalue weighted by Gasteiger charge is -2.37. The Hall–Kier alpha value is -2.23. The standard InChI is InChI=1S/C32H41F3O/c1-3-5-23-6-10-26(11-7-23)28-14-16-29(17-15-28)27-12-8-24(9-13-27)20-21-32(34,35)36-30-19-18-25(4-2)31(33)22-30/h3,5,8-9,12-13,18-19,22-23,26,28-29H,4,6-7,10-11,14-17,20-21H2,1-2H3. The van der Waals surface area contributed by atoms with E-state index >= 15 is 0 Å². The number of rotatable bonds is 9. The maximum atomic E-state index is 14.4. The fourth-order valence-corrected chi connectivity index (χ4v) is 6.35. The zero-order valence-electron chi connectivity index (χ0n) is 21.8. The predicted molar refractivity (Wildman–Crippen MR) is 141 cm³/mol. The molecule has 2 fully saturated rings. The molecule has 0 radical (unpaired) electrons. The van der Waals surface area contributed by atoms with Crippen molar-refractivity contribution in [3.8, 4) is 5.75 Å². The van der Waals surface area contributed by atoms with Crippen molar-refractivity contribution in [3.05, 3.63) is 77.1 Å². The third-order valence-corrected chi connectivity index (χ3v) is 8.55. The molecule has 0 bridgehead atoms. The SMILES string of the molecule is CC=CC1CCC(C2CCC(c3ccc(CCC(F)(F)Oc4ccc(CC)c(F)c4)cc3)CC2)CC1. The van der Waals surface area contributed by atoms with Crippen LogP contribution >= 0.6 is 0 Å². The molecule has 1 nitrogen and oxygen atoms in total. The van der Waals surface area contributed by atoms with Gasteiger partial charge in [-0.2, -0.15) is 8.78 Å². The van der Waals surface area contributed by atoms with E-state index in [-0.39, 0.29) is 12.2 Å². The van der Waals surface area contributed by atoms with E-state index in [0.29, 0.717) is 17.9 Å². The molecule has 2 aromatic rings. The van der Waals surface area contributed by atoms with E-state index in [1.54, 1.807) is 0 Å². The van der Waals surface area contributed by atoms with Crippen molar-refractivity contribution in [1.29, 1.82) is 0 Å². The number of hydrogen-bond acceptors (Lipinski definition) is 1. The lowest BCUT2D eigenvalue weighted by molar-refractivity contribution is -0.180. The minimum Gasteiger partial charge on any atom is -0.432 e. The van der Waals surface area contributed by atoms with Crippen molar-refractivity contribution in [2.75, 3.05) is 0 Å². The largest absolute Gasteiger partial charge is 0.432 e. The normalized spacial score (nSPS) is 25.2. The van der Waals surface area contributed by atoms with Gasteiger partial charge < -0.3 is 4.74 Å². The number of hydrogen-bond donors (Lipinski definition) is 0. The topological polar surface area (TPSA) is 9.23 Å². The molecule has 196 valence electrons. The molecule has 0 saturated heterocycles. The van der Waals surface area contributed by atoms with Crippen LogP contribution in [0.5, 0.6) is 5.75 Å². The molecule has 0 heterocycles. The van der Waals surface area contributed by atoms with Crippen molar-refractivity contribution in [2.45, 2.75) is 96.5 Å². The first-order valence-electron chi connectivity index (χ1n) is 13.9. The molecule has 0 aromatic heterocycles. The number of benzene rings is 2. The van der Waals surface area contributed by atoms with E-state index in [1.165, 1.54) is 69.1 Å². The van der Waals surface area contributed by atoms with Crippen molar-refractivity contribution in [3.63, 3.8) is 0 Å². The molecule has 2 aliphatic rings. The number of alkyl halides is 2. The second-order valence-electron chi connectivity index (χ2n) is 10.9. The smallest absolute Gasteiger partial charge is 0.398 e. The average molecular weight is 499 g/mol. The number of allylic oxidation sites excluding steroid dienone is 2. The van der Waals surface area contributed by atoms with E-state index in [2.05, 4.69) is 31.2 Å². The van der Waals surface area contributed by atoms with E-state index in [4.69, 9.17) is 4.74 Å². The Morgan fingerprint density at radius 1 is 0.889 bits per heavy atom. The Morgan fingerprint density at radius 3 is 2.11 bits per heavy atom. The zero-order valence-corrected chi connectivity index (χ0v) is 21.8. The number of halogens is 3. The van der Waals surface area contributed by atoms with Gasteiger partial charge in [-0.3, -0.25) is 0 Å². The molecule has 4 rings (SSSR count). The van der Waals surface area contributed by atoms with E-state index < -0.39 is 18.3 Å². The van der Waals surface area contributed by atoms with Crippen LogP contribution in [0.3, 0.4) is 0 Å². The summed E-state index contributed by atoms with van der Waals surface area (Å²) < 4.78 is 47.5. The van der Waals surface area contributed by atoms with Crippen LogP contribution in [-0.4, -0.2) is 6.11 Å².